The maximum Gasteiger partial charge on any atom is 0.252 e. The predicted molar refractivity (Wildman–Crippen MR) is 125 cm³/mol. The molecule has 0 unspecified atom stereocenters. The molecule has 7 nitrogen and oxygen atoms in total. The van der Waals surface area contributed by atoms with Crippen LogP contribution >= 0.6 is 22.9 Å². The molecule has 4 rings (SSSR count). The normalized spacial score (nSPS) is 15.7. The topological polar surface area (TPSA) is 75.8 Å². The number of sulfonamides is 1. The summed E-state index contributed by atoms with van der Waals surface area (Å²) in [6.07, 6.45) is 5.03. The van der Waals surface area contributed by atoms with Crippen molar-refractivity contribution in [2.24, 2.45) is 0 Å². The molecule has 170 valence electrons. The number of amides is 1. The summed E-state index contributed by atoms with van der Waals surface area (Å²) in [4.78, 5) is 14.4. The molecular weight excluding hydrogens is 470 g/mol. The molecule has 4 heterocycles. The Bertz CT molecular complexity index is 1230. The quantitative estimate of drug-likeness (QED) is 0.486. The summed E-state index contributed by atoms with van der Waals surface area (Å²) >= 11 is 6.92. The molecule has 3 aromatic heterocycles. The van der Waals surface area contributed by atoms with E-state index < -0.39 is 10.0 Å². The minimum absolute atomic E-state index is 0.128. The third-order valence-corrected chi connectivity index (χ3v) is 9.20. The third kappa shape index (κ3) is 4.71. The van der Waals surface area contributed by atoms with E-state index in [0.717, 1.165) is 34.0 Å². The van der Waals surface area contributed by atoms with Gasteiger partial charge in [-0.1, -0.05) is 11.6 Å². The molecule has 0 aliphatic carbocycles. The standard InChI is InChI=1S/C22H24ClN3O4S2/c1-16-14-18(17(2)26(16)15-19-4-3-13-30-19)5-7-21(27)24-9-11-25(12-10-24)32(28,29)22-8-6-20(23)31-22/h3-8,13-14H,9-12,15H2,1-2H3. The van der Waals surface area contributed by atoms with E-state index in [1.54, 1.807) is 23.3 Å². The van der Waals surface area contributed by atoms with Gasteiger partial charge in [0.25, 0.3) is 10.0 Å². The number of thiophene rings is 1. The van der Waals surface area contributed by atoms with E-state index in [0.29, 0.717) is 24.0 Å². The number of aromatic nitrogens is 1. The van der Waals surface area contributed by atoms with Crippen LogP contribution < -0.4 is 0 Å². The van der Waals surface area contributed by atoms with Gasteiger partial charge in [0, 0.05) is 43.6 Å². The van der Waals surface area contributed by atoms with E-state index in [1.807, 2.05) is 38.1 Å². The second-order valence-electron chi connectivity index (χ2n) is 7.61. The lowest BCUT2D eigenvalue weighted by Crippen LogP contribution is -2.50. The van der Waals surface area contributed by atoms with Gasteiger partial charge in [0.15, 0.2) is 0 Å². The molecule has 0 bridgehead atoms. The van der Waals surface area contributed by atoms with Crippen LogP contribution in [0.25, 0.3) is 6.08 Å². The average molecular weight is 494 g/mol. The molecule has 0 radical (unpaired) electrons. The molecule has 1 amide bonds. The number of nitrogens with zero attached hydrogens (tertiary/aromatic N) is 3. The van der Waals surface area contributed by atoms with Crippen LogP contribution in [0.3, 0.4) is 0 Å². The van der Waals surface area contributed by atoms with Crippen molar-refractivity contribution < 1.29 is 17.6 Å². The van der Waals surface area contributed by atoms with Gasteiger partial charge in [-0.2, -0.15) is 4.31 Å². The van der Waals surface area contributed by atoms with Gasteiger partial charge in [-0.3, -0.25) is 4.79 Å². The fraction of sp³-hybridized carbons (Fsp3) is 0.318. The Morgan fingerprint density at radius 2 is 1.94 bits per heavy atom. The summed E-state index contributed by atoms with van der Waals surface area (Å²) in [5.74, 6) is 0.744. The lowest BCUT2D eigenvalue weighted by molar-refractivity contribution is -0.127. The van der Waals surface area contributed by atoms with Crippen LogP contribution in [0.1, 0.15) is 22.7 Å². The highest BCUT2D eigenvalue weighted by Gasteiger charge is 2.30. The molecule has 0 spiro atoms. The van der Waals surface area contributed by atoms with Crippen molar-refractivity contribution in [3.8, 4) is 0 Å². The zero-order valence-electron chi connectivity index (χ0n) is 17.8. The van der Waals surface area contributed by atoms with E-state index in [9.17, 15) is 13.2 Å². The molecule has 0 N–H and O–H groups in total. The first-order chi connectivity index (χ1) is 15.3. The Labute approximate surface area is 196 Å². The second-order valence-corrected chi connectivity index (χ2v) is 11.5. The van der Waals surface area contributed by atoms with Crippen LogP contribution in [-0.4, -0.2) is 54.3 Å². The molecule has 3 aromatic rings. The Morgan fingerprint density at radius 3 is 2.56 bits per heavy atom. The minimum atomic E-state index is -3.57. The van der Waals surface area contributed by atoms with Crippen molar-refractivity contribution in [3.63, 3.8) is 0 Å². The van der Waals surface area contributed by atoms with Crippen molar-refractivity contribution in [2.75, 3.05) is 26.2 Å². The average Bonchev–Trinajstić information content (AvgIpc) is 3.51. The fourth-order valence-corrected chi connectivity index (χ4v) is 6.84. The summed E-state index contributed by atoms with van der Waals surface area (Å²) in [5, 5.41) is 0. The first kappa shape index (κ1) is 22.8. The molecule has 0 atom stereocenters. The van der Waals surface area contributed by atoms with Gasteiger partial charge in [0.1, 0.15) is 9.97 Å². The van der Waals surface area contributed by atoms with Crippen molar-refractivity contribution in [1.29, 1.82) is 0 Å². The molecule has 1 aliphatic rings. The van der Waals surface area contributed by atoms with Crippen molar-refractivity contribution in [3.05, 3.63) is 69.7 Å². The van der Waals surface area contributed by atoms with Gasteiger partial charge >= 0.3 is 0 Å². The predicted octanol–water partition coefficient (Wildman–Crippen LogP) is 4.01. The Hall–Kier alpha value is -2.33. The van der Waals surface area contributed by atoms with Gasteiger partial charge in [-0.15, -0.1) is 11.3 Å². The fourth-order valence-electron chi connectivity index (χ4n) is 3.78. The number of carbonyl (C=O) groups is 1. The van der Waals surface area contributed by atoms with E-state index in [-0.39, 0.29) is 23.2 Å². The second kappa shape index (κ2) is 9.27. The smallest absolute Gasteiger partial charge is 0.252 e. The van der Waals surface area contributed by atoms with Crippen LogP contribution in [0.2, 0.25) is 4.34 Å². The molecule has 1 saturated heterocycles. The number of aryl methyl sites for hydroxylation is 1. The highest BCUT2D eigenvalue weighted by Crippen LogP contribution is 2.28. The molecular formula is C22H24ClN3O4S2. The summed E-state index contributed by atoms with van der Waals surface area (Å²) in [6.45, 7) is 5.89. The first-order valence-corrected chi connectivity index (χ1v) is 12.8. The third-order valence-electron chi connectivity index (χ3n) is 5.61. The summed E-state index contributed by atoms with van der Waals surface area (Å²) in [6, 6.07) is 8.94. The Kier molecular flexibility index (Phi) is 6.62. The number of hydrogen-bond acceptors (Lipinski definition) is 5. The largest absolute Gasteiger partial charge is 0.467 e. The summed E-state index contributed by atoms with van der Waals surface area (Å²) in [5.41, 5.74) is 3.10. The van der Waals surface area contributed by atoms with Crippen LogP contribution in [0.15, 0.2) is 51.3 Å². The van der Waals surface area contributed by atoms with Gasteiger partial charge in [-0.25, -0.2) is 8.42 Å². The zero-order chi connectivity index (χ0) is 22.9. The van der Waals surface area contributed by atoms with Crippen LogP contribution in [0.4, 0.5) is 0 Å². The molecule has 1 fully saturated rings. The van der Waals surface area contributed by atoms with Crippen molar-refractivity contribution >= 4 is 44.9 Å². The monoisotopic (exact) mass is 493 g/mol. The highest BCUT2D eigenvalue weighted by atomic mass is 35.5. The number of rotatable bonds is 6. The number of carbonyl (C=O) groups excluding carboxylic acids is 1. The summed E-state index contributed by atoms with van der Waals surface area (Å²) in [7, 11) is -3.57. The number of hydrogen-bond donors (Lipinski definition) is 0. The van der Waals surface area contributed by atoms with Gasteiger partial charge in [-0.05, 0) is 55.8 Å². The molecule has 0 aromatic carbocycles. The van der Waals surface area contributed by atoms with Gasteiger partial charge < -0.3 is 13.9 Å². The first-order valence-electron chi connectivity index (χ1n) is 10.2. The lowest BCUT2D eigenvalue weighted by Gasteiger charge is -2.33. The SMILES string of the molecule is Cc1cc(C=CC(=O)N2CCN(S(=O)(=O)c3ccc(Cl)s3)CC2)c(C)n1Cc1ccco1. The minimum Gasteiger partial charge on any atom is -0.467 e. The lowest BCUT2D eigenvalue weighted by atomic mass is 10.2. The van der Waals surface area contributed by atoms with Gasteiger partial charge in [0.2, 0.25) is 5.91 Å². The van der Waals surface area contributed by atoms with E-state index in [1.165, 1.54) is 10.4 Å². The Balaban J connectivity index is 1.38. The van der Waals surface area contributed by atoms with Crippen molar-refractivity contribution in [2.45, 2.75) is 24.6 Å². The number of piperazine rings is 1. The zero-order valence-corrected chi connectivity index (χ0v) is 20.2. The number of halogens is 1. The maximum atomic E-state index is 12.7. The molecule has 10 heteroatoms. The van der Waals surface area contributed by atoms with Crippen molar-refractivity contribution in [1.82, 2.24) is 13.8 Å². The van der Waals surface area contributed by atoms with Crippen LogP contribution in [0.5, 0.6) is 0 Å². The highest BCUT2D eigenvalue weighted by molar-refractivity contribution is 7.91. The number of furan rings is 1. The van der Waals surface area contributed by atoms with E-state index in [2.05, 4.69) is 4.57 Å². The molecule has 1 aliphatic heterocycles. The Morgan fingerprint density at radius 1 is 1.19 bits per heavy atom. The van der Waals surface area contributed by atoms with E-state index >= 15 is 0 Å². The van der Waals surface area contributed by atoms with E-state index in [4.69, 9.17) is 16.0 Å². The van der Waals surface area contributed by atoms with Gasteiger partial charge in [0.05, 0.1) is 17.1 Å². The van der Waals surface area contributed by atoms with Crippen LogP contribution in [-0.2, 0) is 21.4 Å². The van der Waals surface area contributed by atoms with Crippen LogP contribution in [0, 0.1) is 13.8 Å². The summed E-state index contributed by atoms with van der Waals surface area (Å²) < 4.78 is 35.1. The molecule has 32 heavy (non-hydrogen) atoms. The maximum absolute atomic E-state index is 12.7. The molecule has 0 saturated carbocycles.